The molecule has 11 nitrogen and oxygen atoms in total. The number of hydrogen-bond acceptors (Lipinski definition) is 9. The molecule has 0 radical (unpaired) electrons. The van der Waals surface area contributed by atoms with Gasteiger partial charge in [-0.1, -0.05) is 0 Å². The van der Waals surface area contributed by atoms with Crippen LogP contribution in [0.1, 0.15) is 10.4 Å². The van der Waals surface area contributed by atoms with Gasteiger partial charge in [-0.15, -0.1) is 23.4 Å². The lowest BCUT2D eigenvalue weighted by atomic mass is 10.1. The van der Waals surface area contributed by atoms with E-state index in [1.54, 1.807) is 18.2 Å². The highest BCUT2D eigenvalue weighted by molar-refractivity contribution is 6.05. The van der Waals surface area contributed by atoms with Crippen LogP contribution in [0.3, 0.4) is 0 Å². The Balaban J connectivity index is 1.47. The molecule has 0 spiro atoms. The number of nitrogens with two attached hydrogens (primary N) is 1. The zero-order valence-electron chi connectivity index (χ0n) is 20.3. The monoisotopic (exact) mass is 530 g/mol. The summed E-state index contributed by atoms with van der Waals surface area (Å²) < 4.78 is 42.9. The third-order valence-corrected chi connectivity index (χ3v) is 5.69. The summed E-state index contributed by atoms with van der Waals surface area (Å²) in [6.45, 7) is 2.82. The first-order valence-electron chi connectivity index (χ1n) is 11.5. The molecule has 3 aromatic rings. The molecule has 3 heterocycles. The lowest BCUT2D eigenvalue weighted by Gasteiger charge is -2.31. The van der Waals surface area contributed by atoms with Crippen LogP contribution in [0, 0.1) is 0 Å². The SMILES string of the molecule is CN1CCN(CC(=O)Nc2cc(C(=O)Nc3ccc(-c4ccc(N)nc4)nn3)ccc2OC(F)(F)F)CC1. The number of piperazine rings is 1. The average Bonchev–Trinajstić information content (AvgIpc) is 2.86. The number of benzene rings is 1. The Hall–Kier alpha value is -4.30. The number of pyridine rings is 1. The number of nitrogens with one attached hydrogen (secondary N) is 2. The molecule has 1 aliphatic heterocycles. The number of aromatic nitrogens is 3. The minimum absolute atomic E-state index is 0.0127. The number of carbonyl (C=O) groups is 2. The fourth-order valence-electron chi connectivity index (χ4n) is 3.68. The van der Waals surface area contributed by atoms with Crippen LogP contribution in [-0.4, -0.2) is 82.9 Å². The first-order chi connectivity index (χ1) is 18.1. The third-order valence-electron chi connectivity index (χ3n) is 5.69. The van der Waals surface area contributed by atoms with Crippen molar-refractivity contribution in [2.45, 2.75) is 6.36 Å². The summed E-state index contributed by atoms with van der Waals surface area (Å²) in [6, 6.07) is 9.68. The van der Waals surface area contributed by atoms with E-state index in [0.717, 1.165) is 31.3 Å². The van der Waals surface area contributed by atoms with Gasteiger partial charge in [0.1, 0.15) is 5.82 Å². The summed E-state index contributed by atoms with van der Waals surface area (Å²) in [5.41, 5.74) is 6.43. The van der Waals surface area contributed by atoms with Crippen molar-refractivity contribution in [1.29, 1.82) is 0 Å². The fourth-order valence-corrected chi connectivity index (χ4v) is 3.68. The molecule has 1 aliphatic rings. The van der Waals surface area contributed by atoms with Gasteiger partial charge in [-0.25, -0.2) is 4.98 Å². The van der Waals surface area contributed by atoms with E-state index in [9.17, 15) is 22.8 Å². The lowest BCUT2D eigenvalue weighted by Crippen LogP contribution is -2.47. The van der Waals surface area contributed by atoms with E-state index >= 15 is 0 Å². The van der Waals surface area contributed by atoms with Crippen LogP contribution in [0.25, 0.3) is 11.3 Å². The van der Waals surface area contributed by atoms with Crippen LogP contribution in [0.5, 0.6) is 5.75 Å². The van der Waals surface area contributed by atoms with Gasteiger partial charge in [-0.3, -0.25) is 14.5 Å². The predicted octanol–water partition coefficient (Wildman–Crippen LogP) is 2.46. The number of amides is 2. The highest BCUT2D eigenvalue weighted by atomic mass is 19.4. The number of carbonyl (C=O) groups excluding carboxylic acids is 2. The lowest BCUT2D eigenvalue weighted by molar-refractivity contribution is -0.274. The Bertz CT molecular complexity index is 1280. The minimum Gasteiger partial charge on any atom is -0.404 e. The van der Waals surface area contributed by atoms with E-state index in [4.69, 9.17) is 5.73 Å². The number of alkyl halides is 3. The highest BCUT2D eigenvalue weighted by Gasteiger charge is 2.32. The zero-order valence-corrected chi connectivity index (χ0v) is 20.3. The maximum atomic E-state index is 12.9. The Kier molecular flexibility index (Phi) is 8.02. The molecule has 38 heavy (non-hydrogen) atoms. The number of anilines is 3. The van der Waals surface area contributed by atoms with Crippen molar-refractivity contribution in [3.63, 3.8) is 0 Å². The van der Waals surface area contributed by atoms with Crippen molar-refractivity contribution in [3.05, 3.63) is 54.2 Å². The van der Waals surface area contributed by atoms with Crippen LogP contribution in [0.2, 0.25) is 0 Å². The van der Waals surface area contributed by atoms with Gasteiger partial charge in [-0.05, 0) is 49.5 Å². The van der Waals surface area contributed by atoms with E-state index in [-0.39, 0.29) is 23.6 Å². The van der Waals surface area contributed by atoms with Gasteiger partial charge in [0, 0.05) is 43.5 Å². The summed E-state index contributed by atoms with van der Waals surface area (Å²) in [7, 11) is 1.96. The Morgan fingerprint density at radius 2 is 1.79 bits per heavy atom. The number of likely N-dealkylation sites (N-methyl/N-ethyl adjacent to an activating group) is 1. The van der Waals surface area contributed by atoms with E-state index in [0.29, 0.717) is 30.2 Å². The topological polar surface area (TPSA) is 139 Å². The molecule has 0 aliphatic carbocycles. The normalized spacial score (nSPS) is 14.6. The van der Waals surface area contributed by atoms with Gasteiger partial charge in [0.2, 0.25) is 5.91 Å². The summed E-state index contributed by atoms with van der Waals surface area (Å²) in [5, 5.41) is 13.0. The molecule has 0 unspecified atom stereocenters. The van der Waals surface area contributed by atoms with Crippen molar-refractivity contribution in [2.75, 3.05) is 56.1 Å². The summed E-state index contributed by atoms with van der Waals surface area (Å²) >= 11 is 0. The first-order valence-corrected chi connectivity index (χ1v) is 11.5. The predicted molar refractivity (Wildman–Crippen MR) is 133 cm³/mol. The number of hydrogen-bond donors (Lipinski definition) is 3. The standard InChI is InChI=1S/C24H25F3N8O3/c1-34-8-10-35(11-9-34)14-22(36)30-18-12-15(2-5-19(18)38-24(25,26)27)23(37)31-21-7-4-17(32-33-21)16-3-6-20(28)29-13-16/h2-7,12-13H,8-11,14H2,1H3,(H2,28,29)(H,30,36)(H,31,33,37). The van der Waals surface area contributed by atoms with Crippen molar-refractivity contribution in [2.24, 2.45) is 0 Å². The van der Waals surface area contributed by atoms with E-state index < -0.39 is 23.9 Å². The molecular formula is C24H25F3N8O3. The van der Waals surface area contributed by atoms with Gasteiger partial charge < -0.3 is 26.0 Å². The van der Waals surface area contributed by atoms with Crippen LogP contribution >= 0.6 is 0 Å². The molecule has 200 valence electrons. The number of ether oxygens (including phenoxy) is 1. The molecule has 0 bridgehead atoms. The number of halogens is 3. The summed E-state index contributed by atoms with van der Waals surface area (Å²) in [5.74, 6) is -1.38. The molecule has 1 fully saturated rings. The maximum Gasteiger partial charge on any atom is 0.573 e. The zero-order chi connectivity index (χ0) is 27.3. The second-order valence-electron chi connectivity index (χ2n) is 8.62. The molecule has 4 rings (SSSR count). The summed E-state index contributed by atoms with van der Waals surface area (Å²) in [4.78, 5) is 33.4. The van der Waals surface area contributed by atoms with E-state index in [1.807, 2.05) is 11.9 Å². The van der Waals surface area contributed by atoms with Crippen molar-refractivity contribution < 1.29 is 27.5 Å². The number of rotatable bonds is 7. The molecule has 0 atom stereocenters. The molecule has 2 aromatic heterocycles. The molecule has 4 N–H and O–H groups in total. The Morgan fingerprint density at radius 3 is 2.42 bits per heavy atom. The molecule has 14 heteroatoms. The van der Waals surface area contributed by atoms with Crippen molar-refractivity contribution >= 4 is 29.1 Å². The van der Waals surface area contributed by atoms with Crippen LogP contribution < -0.4 is 21.1 Å². The second-order valence-corrected chi connectivity index (χ2v) is 8.62. The maximum absolute atomic E-state index is 12.9. The van der Waals surface area contributed by atoms with Gasteiger partial charge in [-0.2, -0.15) is 0 Å². The van der Waals surface area contributed by atoms with Crippen molar-refractivity contribution in [1.82, 2.24) is 25.0 Å². The van der Waals surface area contributed by atoms with Gasteiger partial charge in [0.25, 0.3) is 5.91 Å². The van der Waals surface area contributed by atoms with Crippen LogP contribution in [0.4, 0.5) is 30.5 Å². The molecule has 2 amide bonds. The fraction of sp³-hybridized carbons (Fsp3) is 0.292. The average molecular weight is 531 g/mol. The van der Waals surface area contributed by atoms with Crippen LogP contribution in [0.15, 0.2) is 48.7 Å². The molecule has 1 aromatic carbocycles. The molecule has 1 saturated heterocycles. The largest absolute Gasteiger partial charge is 0.573 e. The van der Waals surface area contributed by atoms with Crippen LogP contribution in [-0.2, 0) is 4.79 Å². The Labute approximate surface area is 215 Å². The first kappa shape index (κ1) is 26.8. The van der Waals surface area contributed by atoms with Gasteiger partial charge in [0.15, 0.2) is 11.6 Å². The van der Waals surface area contributed by atoms with Crippen molar-refractivity contribution in [3.8, 4) is 17.0 Å². The van der Waals surface area contributed by atoms with E-state index in [2.05, 4.69) is 35.5 Å². The minimum atomic E-state index is -4.99. The molecular weight excluding hydrogens is 505 g/mol. The second kappa shape index (κ2) is 11.4. The number of nitrogens with zero attached hydrogens (tertiary/aromatic N) is 5. The Morgan fingerprint density at radius 1 is 1.03 bits per heavy atom. The summed E-state index contributed by atoms with van der Waals surface area (Å²) in [6.07, 6.45) is -3.46. The van der Waals surface area contributed by atoms with Gasteiger partial charge in [0.05, 0.1) is 17.9 Å². The number of nitrogen functional groups attached to an aromatic ring is 1. The smallest absolute Gasteiger partial charge is 0.404 e. The highest BCUT2D eigenvalue weighted by Crippen LogP contribution is 2.31. The third kappa shape index (κ3) is 7.36. The quantitative estimate of drug-likeness (QED) is 0.420. The molecule has 0 saturated carbocycles. The van der Waals surface area contributed by atoms with Gasteiger partial charge >= 0.3 is 6.36 Å². The van der Waals surface area contributed by atoms with E-state index in [1.165, 1.54) is 12.3 Å².